The highest BCUT2D eigenvalue weighted by Gasteiger charge is 2.20. The molecule has 1 aromatic carbocycles. The van der Waals surface area contributed by atoms with Gasteiger partial charge in [0.25, 0.3) is 5.91 Å². The van der Waals surface area contributed by atoms with Gasteiger partial charge in [0.1, 0.15) is 5.75 Å². The molecule has 0 aliphatic carbocycles. The maximum Gasteiger partial charge on any atom is 0.261 e. The second kappa shape index (κ2) is 8.56. The number of aromatic nitrogens is 2. The number of nitrogens with zero attached hydrogens (tertiary/aromatic N) is 2. The van der Waals surface area contributed by atoms with Crippen molar-refractivity contribution in [2.24, 2.45) is 0 Å². The molecule has 0 aliphatic heterocycles. The number of hydrogen-bond acceptors (Lipinski definition) is 6. The normalized spacial score (nSPS) is 12.6. The highest BCUT2D eigenvalue weighted by Crippen LogP contribution is 2.25. The molecule has 148 valence electrons. The third kappa shape index (κ3) is 4.98. The van der Waals surface area contributed by atoms with Gasteiger partial charge in [-0.05, 0) is 41.0 Å². The Labute approximate surface area is 168 Å². The van der Waals surface area contributed by atoms with E-state index in [0.717, 1.165) is 4.88 Å². The van der Waals surface area contributed by atoms with E-state index in [4.69, 9.17) is 9.26 Å². The number of thiophene rings is 1. The fraction of sp³-hybridized carbons (Fsp3) is 0.381. The van der Waals surface area contributed by atoms with Gasteiger partial charge in [0, 0.05) is 0 Å². The fourth-order valence-corrected chi connectivity index (χ4v) is 3.28. The number of rotatable bonds is 7. The molecule has 6 nitrogen and oxygen atoms in total. The van der Waals surface area contributed by atoms with Gasteiger partial charge in [-0.3, -0.25) is 4.79 Å². The predicted molar refractivity (Wildman–Crippen MR) is 109 cm³/mol. The first-order chi connectivity index (χ1) is 13.4. The zero-order chi connectivity index (χ0) is 20.1. The van der Waals surface area contributed by atoms with Crippen molar-refractivity contribution in [1.29, 1.82) is 0 Å². The minimum atomic E-state index is -0.583. The van der Waals surface area contributed by atoms with E-state index in [1.807, 2.05) is 48.7 Å². The Morgan fingerprint density at radius 2 is 2.00 bits per heavy atom. The second-order valence-corrected chi connectivity index (χ2v) is 8.44. The van der Waals surface area contributed by atoms with Crippen molar-refractivity contribution in [2.45, 2.75) is 52.2 Å². The Hall–Kier alpha value is -2.67. The van der Waals surface area contributed by atoms with Crippen LogP contribution in [0.3, 0.4) is 0 Å². The Bertz CT molecular complexity index is 896. The predicted octanol–water partition coefficient (Wildman–Crippen LogP) is 4.57. The van der Waals surface area contributed by atoms with Gasteiger partial charge in [-0.1, -0.05) is 51.1 Å². The molecule has 0 saturated heterocycles. The van der Waals surface area contributed by atoms with Gasteiger partial charge in [0.2, 0.25) is 11.7 Å². The van der Waals surface area contributed by atoms with E-state index in [9.17, 15) is 4.79 Å². The molecule has 28 heavy (non-hydrogen) atoms. The summed E-state index contributed by atoms with van der Waals surface area (Å²) in [5, 5.41) is 8.70. The summed E-state index contributed by atoms with van der Waals surface area (Å²) < 4.78 is 11.1. The Kier molecular flexibility index (Phi) is 6.14. The third-order valence-corrected chi connectivity index (χ3v) is 5.15. The highest BCUT2D eigenvalue weighted by molar-refractivity contribution is 7.13. The molecule has 0 bridgehead atoms. The van der Waals surface area contributed by atoms with Crippen LogP contribution in [0.2, 0.25) is 0 Å². The van der Waals surface area contributed by atoms with Crippen LogP contribution in [-0.4, -0.2) is 22.2 Å². The molecule has 0 radical (unpaired) electrons. The quantitative estimate of drug-likeness (QED) is 0.630. The lowest BCUT2D eigenvalue weighted by molar-refractivity contribution is -0.128. The van der Waals surface area contributed by atoms with Crippen molar-refractivity contribution in [3.05, 3.63) is 53.2 Å². The molecule has 7 heteroatoms. The lowest BCUT2D eigenvalue weighted by Gasteiger charge is -2.20. The van der Waals surface area contributed by atoms with Crippen molar-refractivity contribution in [2.75, 3.05) is 0 Å². The lowest BCUT2D eigenvalue weighted by Crippen LogP contribution is -2.37. The van der Waals surface area contributed by atoms with E-state index in [1.54, 1.807) is 0 Å². The van der Waals surface area contributed by atoms with Crippen molar-refractivity contribution < 1.29 is 14.1 Å². The average molecular weight is 400 g/mol. The van der Waals surface area contributed by atoms with Crippen molar-refractivity contribution >= 4 is 17.2 Å². The average Bonchev–Trinajstić information content (AvgIpc) is 3.35. The number of carbonyl (C=O) groups is 1. The van der Waals surface area contributed by atoms with Gasteiger partial charge >= 0.3 is 0 Å². The summed E-state index contributed by atoms with van der Waals surface area (Å²) >= 11 is 1.53. The Balaban J connectivity index is 1.56. The smallest absolute Gasteiger partial charge is 0.261 e. The molecule has 1 amide bonds. The third-order valence-electron chi connectivity index (χ3n) is 4.29. The summed E-state index contributed by atoms with van der Waals surface area (Å²) in [5.74, 6) is 1.36. The van der Waals surface area contributed by atoms with Gasteiger partial charge in [0.05, 0.1) is 11.4 Å². The summed E-state index contributed by atoms with van der Waals surface area (Å²) in [6.07, 6.45) is -0.0305. The van der Waals surface area contributed by atoms with Crippen molar-refractivity contribution in [1.82, 2.24) is 15.5 Å². The summed E-state index contributed by atoms with van der Waals surface area (Å²) in [4.78, 5) is 17.7. The molecule has 0 spiro atoms. The first-order valence-corrected chi connectivity index (χ1v) is 10.2. The first-order valence-electron chi connectivity index (χ1n) is 9.28. The summed E-state index contributed by atoms with van der Waals surface area (Å²) in [7, 11) is 0. The number of nitrogens with one attached hydrogen (secondary N) is 1. The van der Waals surface area contributed by atoms with Crippen molar-refractivity contribution in [3.8, 4) is 16.5 Å². The Morgan fingerprint density at radius 3 is 2.61 bits per heavy atom. The molecule has 3 rings (SSSR count). The van der Waals surface area contributed by atoms with Gasteiger partial charge in [-0.2, -0.15) is 4.98 Å². The standard InChI is InChI=1S/C21H25N3O3S/c1-5-16(26-15-10-8-14(9-11-15)21(2,3)4)20(25)22-13-18-23-19(24-27-18)17-7-6-12-28-17/h6-12,16H,5,13H2,1-4H3,(H,22,25). The number of amides is 1. The molecule has 2 aromatic heterocycles. The summed E-state index contributed by atoms with van der Waals surface area (Å²) in [6, 6.07) is 11.7. The summed E-state index contributed by atoms with van der Waals surface area (Å²) in [5.41, 5.74) is 1.29. The van der Waals surface area contributed by atoms with Gasteiger partial charge in [-0.15, -0.1) is 11.3 Å². The first kappa shape index (κ1) is 20.1. The molecule has 3 aromatic rings. The van der Waals surface area contributed by atoms with Crippen LogP contribution in [-0.2, 0) is 16.8 Å². The van der Waals surface area contributed by atoms with E-state index < -0.39 is 6.10 Å². The monoisotopic (exact) mass is 399 g/mol. The highest BCUT2D eigenvalue weighted by atomic mass is 32.1. The lowest BCUT2D eigenvalue weighted by atomic mass is 9.87. The van der Waals surface area contributed by atoms with E-state index in [1.165, 1.54) is 16.9 Å². The van der Waals surface area contributed by atoms with Crippen LogP contribution >= 0.6 is 11.3 Å². The van der Waals surface area contributed by atoms with Crippen LogP contribution in [0, 0.1) is 0 Å². The zero-order valence-electron chi connectivity index (χ0n) is 16.6. The molecule has 2 heterocycles. The van der Waals surface area contributed by atoms with Crippen LogP contribution in [0.25, 0.3) is 10.7 Å². The van der Waals surface area contributed by atoms with Gasteiger partial charge < -0.3 is 14.6 Å². The molecule has 1 unspecified atom stereocenters. The maximum atomic E-state index is 12.5. The summed E-state index contributed by atoms with van der Waals surface area (Å²) in [6.45, 7) is 8.56. The largest absolute Gasteiger partial charge is 0.481 e. The molecule has 0 saturated carbocycles. The van der Waals surface area contributed by atoms with E-state index >= 15 is 0 Å². The zero-order valence-corrected chi connectivity index (χ0v) is 17.4. The maximum absolute atomic E-state index is 12.5. The second-order valence-electron chi connectivity index (χ2n) is 7.50. The molecular weight excluding hydrogens is 374 g/mol. The molecule has 1 N–H and O–H groups in total. The minimum Gasteiger partial charge on any atom is -0.481 e. The number of hydrogen-bond donors (Lipinski definition) is 1. The molecule has 1 atom stereocenters. The SMILES string of the molecule is CCC(Oc1ccc(C(C)(C)C)cc1)C(=O)NCc1nc(-c2cccs2)no1. The number of ether oxygens (including phenoxy) is 1. The van der Waals surface area contributed by atoms with E-state index in [2.05, 4.69) is 36.2 Å². The number of carbonyl (C=O) groups excluding carboxylic acids is 1. The minimum absolute atomic E-state index is 0.0755. The Morgan fingerprint density at radius 1 is 1.25 bits per heavy atom. The van der Waals surface area contributed by atoms with Crippen LogP contribution in [0.1, 0.15) is 45.6 Å². The van der Waals surface area contributed by atoms with Crippen LogP contribution in [0.15, 0.2) is 46.3 Å². The fourth-order valence-electron chi connectivity index (χ4n) is 2.63. The van der Waals surface area contributed by atoms with E-state index in [-0.39, 0.29) is 17.9 Å². The molecule has 0 aliphatic rings. The van der Waals surface area contributed by atoms with Crippen LogP contribution < -0.4 is 10.1 Å². The van der Waals surface area contributed by atoms with Gasteiger partial charge in [-0.25, -0.2) is 0 Å². The van der Waals surface area contributed by atoms with Crippen molar-refractivity contribution in [3.63, 3.8) is 0 Å². The topological polar surface area (TPSA) is 77.2 Å². The van der Waals surface area contributed by atoms with Crippen LogP contribution in [0.4, 0.5) is 0 Å². The molecule has 0 fully saturated rings. The number of benzene rings is 1. The van der Waals surface area contributed by atoms with E-state index in [0.29, 0.717) is 23.9 Å². The molecular formula is C21H25N3O3S. The van der Waals surface area contributed by atoms with Gasteiger partial charge in [0.15, 0.2) is 6.10 Å². The van der Waals surface area contributed by atoms with Crippen LogP contribution in [0.5, 0.6) is 5.75 Å².